The Morgan fingerprint density at radius 1 is 0.917 bits per heavy atom. The molecule has 4 rings (SSSR count). The van der Waals surface area contributed by atoms with Crippen molar-refractivity contribution in [2.45, 2.75) is 6.42 Å². The zero-order chi connectivity index (χ0) is 25.5. The normalized spacial score (nSPS) is 13.2. The number of methoxy groups -OCH3 is 1. The Morgan fingerprint density at radius 2 is 1.56 bits per heavy atom. The van der Waals surface area contributed by atoms with Crippen molar-refractivity contribution in [3.8, 4) is 5.75 Å². The van der Waals surface area contributed by atoms with Crippen molar-refractivity contribution in [2.24, 2.45) is 0 Å². The second kappa shape index (κ2) is 11.9. The van der Waals surface area contributed by atoms with Crippen LogP contribution in [0, 0.1) is 0 Å². The van der Waals surface area contributed by atoms with Gasteiger partial charge in [0, 0.05) is 48.1 Å². The number of piperazine rings is 1. The zero-order valence-electron chi connectivity index (χ0n) is 19.9. The van der Waals surface area contributed by atoms with Crippen molar-refractivity contribution in [1.29, 1.82) is 0 Å². The smallest absolute Gasteiger partial charge is 0.253 e. The third-order valence-electron chi connectivity index (χ3n) is 5.93. The molecule has 186 valence electrons. The van der Waals surface area contributed by atoms with Crippen LogP contribution in [0.4, 0.5) is 11.4 Å². The SMILES string of the molecule is COc1ccc(C(=O)N2CCN(c3ccc(NC(=S)NC(=O)Cc4ccc(Cl)cc4)cc3)CC2)cc1. The van der Waals surface area contributed by atoms with E-state index < -0.39 is 0 Å². The summed E-state index contributed by atoms with van der Waals surface area (Å²) < 4.78 is 5.16. The minimum atomic E-state index is -0.200. The molecule has 1 fully saturated rings. The van der Waals surface area contributed by atoms with Gasteiger partial charge in [-0.1, -0.05) is 23.7 Å². The number of thiocarbonyl (C=S) groups is 1. The Kier molecular flexibility index (Phi) is 8.40. The van der Waals surface area contributed by atoms with E-state index in [1.807, 2.05) is 41.3 Å². The first kappa shape index (κ1) is 25.5. The highest BCUT2D eigenvalue weighted by atomic mass is 35.5. The maximum Gasteiger partial charge on any atom is 0.253 e. The zero-order valence-corrected chi connectivity index (χ0v) is 21.4. The minimum Gasteiger partial charge on any atom is -0.497 e. The van der Waals surface area contributed by atoms with E-state index in [1.165, 1.54) is 0 Å². The first-order valence-electron chi connectivity index (χ1n) is 11.5. The molecule has 36 heavy (non-hydrogen) atoms. The van der Waals surface area contributed by atoms with Gasteiger partial charge in [0.25, 0.3) is 5.91 Å². The third-order valence-corrected chi connectivity index (χ3v) is 6.38. The highest BCUT2D eigenvalue weighted by molar-refractivity contribution is 7.80. The standard InChI is InChI=1S/C27H27ClN4O3S/c1-35-24-12-4-20(5-13-24)26(34)32-16-14-31(15-17-32)23-10-8-22(9-11-23)29-27(36)30-25(33)18-19-2-6-21(28)7-3-19/h2-13H,14-18H2,1H3,(H2,29,30,33,36). The summed E-state index contributed by atoms with van der Waals surface area (Å²) in [5, 5.41) is 6.61. The first-order valence-corrected chi connectivity index (χ1v) is 12.3. The van der Waals surface area contributed by atoms with E-state index >= 15 is 0 Å². The van der Waals surface area contributed by atoms with Crippen molar-refractivity contribution < 1.29 is 14.3 Å². The number of carbonyl (C=O) groups is 2. The molecule has 1 saturated heterocycles. The van der Waals surface area contributed by atoms with Crippen LogP contribution in [0.15, 0.2) is 72.8 Å². The lowest BCUT2D eigenvalue weighted by atomic mass is 10.1. The molecule has 9 heteroatoms. The molecule has 3 aromatic rings. The first-order chi connectivity index (χ1) is 17.4. The highest BCUT2D eigenvalue weighted by Gasteiger charge is 2.22. The van der Waals surface area contributed by atoms with Crippen LogP contribution in [0.2, 0.25) is 5.02 Å². The molecule has 0 spiro atoms. The summed E-state index contributed by atoms with van der Waals surface area (Å²) in [7, 11) is 1.61. The van der Waals surface area contributed by atoms with Crippen LogP contribution in [-0.4, -0.2) is 55.1 Å². The molecule has 0 atom stereocenters. The highest BCUT2D eigenvalue weighted by Crippen LogP contribution is 2.21. The Bertz CT molecular complexity index is 1210. The number of ether oxygens (including phenoxy) is 1. The molecule has 2 amide bonds. The fourth-order valence-electron chi connectivity index (χ4n) is 3.96. The third kappa shape index (κ3) is 6.74. The second-order valence-electron chi connectivity index (χ2n) is 8.36. The van der Waals surface area contributed by atoms with E-state index in [-0.39, 0.29) is 23.3 Å². The minimum absolute atomic E-state index is 0.0310. The molecule has 7 nitrogen and oxygen atoms in total. The van der Waals surface area contributed by atoms with E-state index in [0.717, 1.165) is 35.8 Å². The number of amides is 2. The summed E-state index contributed by atoms with van der Waals surface area (Å²) >= 11 is 11.2. The number of nitrogens with zero attached hydrogens (tertiary/aromatic N) is 2. The molecule has 0 aromatic heterocycles. The Morgan fingerprint density at radius 3 is 2.17 bits per heavy atom. The second-order valence-corrected chi connectivity index (χ2v) is 9.20. The van der Waals surface area contributed by atoms with Crippen LogP contribution in [0.5, 0.6) is 5.75 Å². The fourth-order valence-corrected chi connectivity index (χ4v) is 4.32. The molecular weight excluding hydrogens is 496 g/mol. The predicted octanol–water partition coefficient (Wildman–Crippen LogP) is 4.37. The van der Waals surface area contributed by atoms with Gasteiger partial charge in [0.2, 0.25) is 5.91 Å². The quantitative estimate of drug-likeness (QED) is 0.468. The van der Waals surface area contributed by atoms with Crippen LogP contribution in [0.1, 0.15) is 15.9 Å². The van der Waals surface area contributed by atoms with Gasteiger partial charge in [0.05, 0.1) is 13.5 Å². The van der Waals surface area contributed by atoms with Crippen LogP contribution in [-0.2, 0) is 11.2 Å². The Balaban J connectivity index is 1.24. The fraction of sp³-hybridized carbons (Fsp3) is 0.222. The molecular formula is C27H27ClN4O3S. The van der Waals surface area contributed by atoms with E-state index in [1.54, 1.807) is 43.5 Å². The van der Waals surface area contributed by atoms with Gasteiger partial charge in [-0.3, -0.25) is 9.59 Å². The lowest BCUT2D eigenvalue weighted by Gasteiger charge is -2.36. The van der Waals surface area contributed by atoms with Crippen LogP contribution in [0.25, 0.3) is 0 Å². The number of benzene rings is 3. The number of hydrogen-bond acceptors (Lipinski definition) is 5. The maximum atomic E-state index is 12.8. The van der Waals surface area contributed by atoms with Crippen LogP contribution < -0.4 is 20.3 Å². The van der Waals surface area contributed by atoms with E-state index in [9.17, 15) is 9.59 Å². The van der Waals surface area contributed by atoms with Gasteiger partial charge in [0.15, 0.2) is 5.11 Å². The number of anilines is 2. The molecule has 0 radical (unpaired) electrons. The van der Waals surface area contributed by atoms with Gasteiger partial charge in [0.1, 0.15) is 5.75 Å². The summed E-state index contributed by atoms with van der Waals surface area (Å²) in [6.07, 6.45) is 0.213. The van der Waals surface area contributed by atoms with Gasteiger partial charge in [-0.05, 0) is 78.4 Å². The Hall–Kier alpha value is -3.62. The summed E-state index contributed by atoms with van der Waals surface area (Å²) in [5.41, 5.74) is 3.37. The molecule has 1 heterocycles. The van der Waals surface area contributed by atoms with Gasteiger partial charge in [-0.15, -0.1) is 0 Å². The molecule has 0 bridgehead atoms. The molecule has 1 aliphatic heterocycles. The average molecular weight is 523 g/mol. The molecule has 0 aliphatic carbocycles. The molecule has 0 saturated carbocycles. The van der Waals surface area contributed by atoms with Gasteiger partial charge in [-0.2, -0.15) is 0 Å². The van der Waals surface area contributed by atoms with Crippen molar-refractivity contribution in [1.82, 2.24) is 10.2 Å². The Labute approximate surface area is 221 Å². The molecule has 2 N–H and O–H groups in total. The van der Waals surface area contributed by atoms with Crippen molar-refractivity contribution in [3.63, 3.8) is 0 Å². The number of carbonyl (C=O) groups excluding carboxylic acids is 2. The van der Waals surface area contributed by atoms with E-state index in [4.69, 9.17) is 28.6 Å². The number of nitrogens with one attached hydrogen (secondary N) is 2. The lowest BCUT2D eigenvalue weighted by molar-refractivity contribution is -0.119. The summed E-state index contributed by atoms with van der Waals surface area (Å²) in [6.45, 7) is 2.78. The molecule has 3 aromatic carbocycles. The number of hydrogen-bond donors (Lipinski definition) is 2. The van der Waals surface area contributed by atoms with E-state index in [0.29, 0.717) is 23.7 Å². The summed E-state index contributed by atoms with van der Waals surface area (Å²) in [5.74, 6) is 0.562. The molecule has 1 aliphatic rings. The monoisotopic (exact) mass is 522 g/mol. The summed E-state index contributed by atoms with van der Waals surface area (Å²) in [6, 6.07) is 22.2. The van der Waals surface area contributed by atoms with Crippen molar-refractivity contribution >= 4 is 52.1 Å². The molecule has 0 unspecified atom stereocenters. The van der Waals surface area contributed by atoms with Crippen LogP contribution >= 0.6 is 23.8 Å². The maximum absolute atomic E-state index is 12.8. The van der Waals surface area contributed by atoms with Crippen molar-refractivity contribution in [2.75, 3.05) is 43.5 Å². The number of rotatable bonds is 6. The van der Waals surface area contributed by atoms with Gasteiger partial charge < -0.3 is 25.2 Å². The number of halogens is 1. The average Bonchev–Trinajstić information content (AvgIpc) is 2.90. The largest absolute Gasteiger partial charge is 0.497 e. The predicted molar refractivity (Wildman–Crippen MR) is 147 cm³/mol. The van der Waals surface area contributed by atoms with Crippen molar-refractivity contribution in [3.05, 3.63) is 88.9 Å². The van der Waals surface area contributed by atoms with Crippen LogP contribution in [0.3, 0.4) is 0 Å². The lowest BCUT2D eigenvalue weighted by Crippen LogP contribution is -2.48. The van der Waals surface area contributed by atoms with Gasteiger partial charge in [-0.25, -0.2) is 0 Å². The van der Waals surface area contributed by atoms with E-state index in [2.05, 4.69) is 15.5 Å². The summed E-state index contributed by atoms with van der Waals surface area (Å²) in [4.78, 5) is 29.2. The van der Waals surface area contributed by atoms with Gasteiger partial charge >= 0.3 is 0 Å². The topological polar surface area (TPSA) is 73.9 Å².